The minimum absolute atomic E-state index is 0.101. The smallest absolute Gasteiger partial charge is 0.0626 e. The molecule has 1 aromatic rings. The van der Waals surface area contributed by atoms with Crippen LogP contribution in [0, 0.1) is 11.8 Å². The second kappa shape index (κ2) is 6.06. The number of hydrogen-bond donors (Lipinski definition) is 2. The third-order valence-corrected chi connectivity index (χ3v) is 4.82. The van der Waals surface area contributed by atoms with Crippen molar-refractivity contribution in [1.82, 2.24) is 5.32 Å². The van der Waals surface area contributed by atoms with Gasteiger partial charge in [-0.2, -0.15) is 0 Å². The minimum Gasteiger partial charge on any atom is -0.394 e. The lowest BCUT2D eigenvalue weighted by Crippen LogP contribution is -2.38. The summed E-state index contributed by atoms with van der Waals surface area (Å²) >= 11 is 0. The molecule has 2 unspecified atom stereocenters. The maximum Gasteiger partial charge on any atom is 0.0626 e. The zero-order chi connectivity index (χ0) is 13.1. The van der Waals surface area contributed by atoms with Gasteiger partial charge >= 0.3 is 0 Å². The largest absolute Gasteiger partial charge is 0.394 e. The van der Waals surface area contributed by atoms with Crippen LogP contribution in [0.15, 0.2) is 30.3 Å². The van der Waals surface area contributed by atoms with Gasteiger partial charge in [0.25, 0.3) is 0 Å². The van der Waals surface area contributed by atoms with Crippen LogP contribution in [-0.4, -0.2) is 17.8 Å². The topological polar surface area (TPSA) is 32.3 Å². The fourth-order valence-corrected chi connectivity index (χ4v) is 3.60. The first-order valence-corrected chi connectivity index (χ1v) is 7.78. The molecule has 0 heterocycles. The lowest BCUT2D eigenvalue weighted by molar-refractivity contribution is 0.197. The molecular formula is C17H25NO. The van der Waals surface area contributed by atoms with Crippen LogP contribution in [-0.2, 0) is 0 Å². The standard InChI is InChI=1S/C17H25NO/c19-12-17(14-5-2-1-3-6-14)18-16-8-4-7-15(11-16)13-9-10-13/h1-3,5-6,13,15-19H,4,7-12H2/t15?,16?,17-/m0/s1. The van der Waals surface area contributed by atoms with E-state index in [-0.39, 0.29) is 12.6 Å². The SMILES string of the molecule is OC[C@H](NC1CCCC(C2CC2)C1)c1ccccc1. The van der Waals surface area contributed by atoms with E-state index in [2.05, 4.69) is 17.4 Å². The van der Waals surface area contributed by atoms with Crippen molar-refractivity contribution in [2.45, 2.75) is 50.6 Å². The first kappa shape index (κ1) is 13.1. The van der Waals surface area contributed by atoms with Gasteiger partial charge in [0.2, 0.25) is 0 Å². The molecule has 0 saturated heterocycles. The van der Waals surface area contributed by atoms with Gasteiger partial charge in [-0.1, -0.05) is 43.2 Å². The highest BCUT2D eigenvalue weighted by Gasteiger charge is 2.35. The van der Waals surface area contributed by atoms with Gasteiger partial charge in [-0.25, -0.2) is 0 Å². The highest BCUT2D eigenvalue weighted by Crippen LogP contribution is 2.44. The molecule has 2 nitrogen and oxygen atoms in total. The van der Waals surface area contributed by atoms with E-state index in [0.29, 0.717) is 6.04 Å². The number of aliphatic hydroxyl groups excluding tert-OH is 1. The quantitative estimate of drug-likeness (QED) is 0.850. The monoisotopic (exact) mass is 259 g/mol. The van der Waals surface area contributed by atoms with Crippen molar-refractivity contribution in [2.24, 2.45) is 11.8 Å². The van der Waals surface area contributed by atoms with Crippen molar-refractivity contribution in [2.75, 3.05) is 6.61 Å². The van der Waals surface area contributed by atoms with E-state index in [0.717, 1.165) is 11.8 Å². The van der Waals surface area contributed by atoms with Gasteiger partial charge in [0, 0.05) is 6.04 Å². The Morgan fingerprint density at radius 3 is 2.53 bits per heavy atom. The molecule has 1 aromatic carbocycles. The fraction of sp³-hybridized carbons (Fsp3) is 0.647. The number of aliphatic hydroxyl groups is 1. The Bertz CT molecular complexity index is 388. The Balaban J connectivity index is 1.59. The predicted octanol–water partition coefficient (Wildman–Crippen LogP) is 3.28. The van der Waals surface area contributed by atoms with Gasteiger partial charge in [0.05, 0.1) is 12.6 Å². The molecule has 2 heteroatoms. The summed E-state index contributed by atoms with van der Waals surface area (Å²) in [4.78, 5) is 0. The van der Waals surface area contributed by atoms with Crippen LogP contribution in [0.1, 0.15) is 50.1 Å². The van der Waals surface area contributed by atoms with Gasteiger partial charge in [-0.05, 0) is 43.1 Å². The van der Waals surface area contributed by atoms with Gasteiger partial charge in [0.1, 0.15) is 0 Å². The van der Waals surface area contributed by atoms with Gasteiger partial charge in [0.15, 0.2) is 0 Å². The first-order valence-electron chi connectivity index (χ1n) is 7.78. The average molecular weight is 259 g/mol. The summed E-state index contributed by atoms with van der Waals surface area (Å²) in [7, 11) is 0. The molecule has 0 aliphatic heterocycles. The minimum atomic E-state index is 0.101. The molecule has 0 bridgehead atoms. The van der Waals surface area contributed by atoms with Crippen molar-refractivity contribution >= 4 is 0 Å². The second-order valence-corrected chi connectivity index (χ2v) is 6.27. The molecule has 2 aliphatic rings. The summed E-state index contributed by atoms with van der Waals surface area (Å²) in [5, 5.41) is 13.3. The molecule has 3 atom stereocenters. The number of nitrogens with one attached hydrogen (secondary N) is 1. The van der Waals surface area contributed by atoms with Crippen LogP contribution in [0.25, 0.3) is 0 Å². The van der Waals surface area contributed by atoms with Crippen LogP contribution < -0.4 is 5.32 Å². The van der Waals surface area contributed by atoms with E-state index in [1.54, 1.807) is 0 Å². The molecular weight excluding hydrogens is 234 g/mol. The van der Waals surface area contributed by atoms with E-state index in [4.69, 9.17) is 0 Å². The van der Waals surface area contributed by atoms with E-state index in [1.165, 1.54) is 44.1 Å². The fourth-order valence-electron chi connectivity index (χ4n) is 3.60. The third-order valence-electron chi connectivity index (χ3n) is 4.82. The predicted molar refractivity (Wildman–Crippen MR) is 77.9 cm³/mol. The lowest BCUT2D eigenvalue weighted by Gasteiger charge is -2.32. The second-order valence-electron chi connectivity index (χ2n) is 6.27. The number of rotatable bonds is 5. The molecule has 2 fully saturated rings. The van der Waals surface area contributed by atoms with Gasteiger partial charge in [-0.15, -0.1) is 0 Å². The number of hydrogen-bond acceptors (Lipinski definition) is 2. The van der Waals surface area contributed by atoms with Crippen molar-refractivity contribution in [3.8, 4) is 0 Å². The summed E-state index contributed by atoms with van der Waals surface area (Å²) in [6.07, 6.45) is 8.28. The van der Waals surface area contributed by atoms with Crippen LogP contribution in [0.2, 0.25) is 0 Å². The molecule has 0 radical (unpaired) electrons. The molecule has 104 valence electrons. The van der Waals surface area contributed by atoms with Crippen LogP contribution in [0.4, 0.5) is 0 Å². The molecule has 2 saturated carbocycles. The zero-order valence-corrected chi connectivity index (χ0v) is 11.6. The average Bonchev–Trinajstić information content (AvgIpc) is 3.31. The molecule has 3 rings (SSSR count). The Hall–Kier alpha value is -0.860. The molecule has 19 heavy (non-hydrogen) atoms. The van der Waals surface area contributed by atoms with Gasteiger partial charge in [-0.3, -0.25) is 0 Å². The summed E-state index contributed by atoms with van der Waals surface area (Å²) in [6, 6.07) is 11.0. The van der Waals surface area contributed by atoms with E-state index in [1.807, 2.05) is 18.2 Å². The van der Waals surface area contributed by atoms with E-state index >= 15 is 0 Å². The molecule has 0 amide bonds. The maximum atomic E-state index is 9.64. The normalized spacial score (nSPS) is 29.1. The lowest BCUT2D eigenvalue weighted by atomic mass is 9.82. The van der Waals surface area contributed by atoms with E-state index in [9.17, 15) is 5.11 Å². The van der Waals surface area contributed by atoms with Gasteiger partial charge < -0.3 is 10.4 Å². The molecule has 0 spiro atoms. The van der Waals surface area contributed by atoms with Crippen molar-refractivity contribution in [1.29, 1.82) is 0 Å². The summed E-state index contributed by atoms with van der Waals surface area (Å²) in [5.74, 6) is 1.97. The highest BCUT2D eigenvalue weighted by molar-refractivity contribution is 5.19. The Kier molecular flexibility index (Phi) is 4.19. The van der Waals surface area contributed by atoms with Crippen LogP contribution >= 0.6 is 0 Å². The molecule has 2 aliphatic carbocycles. The third kappa shape index (κ3) is 3.37. The molecule has 2 N–H and O–H groups in total. The van der Waals surface area contributed by atoms with Crippen molar-refractivity contribution < 1.29 is 5.11 Å². The zero-order valence-electron chi connectivity index (χ0n) is 11.6. The van der Waals surface area contributed by atoms with Crippen molar-refractivity contribution in [3.63, 3.8) is 0 Å². The summed E-state index contributed by atoms with van der Waals surface area (Å²) < 4.78 is 0. The summed E-state index contributed by atoms with van der Waals surface area (Å²) in [6.45, 7) is 0.189. The highest BCUT2D eigenvalue weighted by atomic mass is 16.3. The Morgan fingerprint density at radius 1 is 1.05 bits per heavy atom. The maximum absolute atomic E-state index is 9.64. The van der Waals surface area contributed by atoms with E-state index < -0.39 is 0 Å². The van der Waals surface area contributed by atoms with Crippen LogP contribution in [0.3, 0.4) is 0 Å². The Morgan fingerprint density at radius 2 is 1.84 bits per heavy atom. The number of benzene rings is 1. The first-order chi connectivity index (χ1) is 9.36. The Labute approximate surface area is 116 Å². The molecule has 0 aromatic heterocycles. The van der Waals surface area contributed by atoms with Crippen molar-refractivity contribution in [3.05, 3.63) is 35.9 Å². The summed E-state index contributed by atoms with van der Waals surface area (Å²) in [5.41, 5.74) is 1.21. The van der Waals surface area contributed by atoms with Crippen LogP contribution in [0.5, 0.6) is 0 Å².